The summed E-state index contributed by atoms with van der Waals surface area (Å²) in [5.41, 5.74) is 2.27. The van der Waals surface area contributed by atoms with Crippen LogP contribution in [0.1, 0.15) is 5.69 Å². The molecule has 1 aromatic heterocycles. The van der Waals surface area contributed by atoms with Crippen LogP contribution in [0.5, 0.6) is 0 Å². The zero-order chi connectivity index (χ0) is 6.97. The van der Waals surface area contributed by atoms with Gasteiger partial charge in [-0.1, -0.05) is 23.3 Å². The maximum atomic E-state index is 3.20. The number of benzene rings is 1. The molecule has 0 unspecified atom stereocenters. The zero-order valence-electron chi connectivity index (χ0n) is 6.89. The van der Waals surface area contributed by atoms with E-state index in [1.54, 1.807) is 0 Å². The molecule has 3 heteroatoms. The Balaban J connectivity index is 0.000000605. The molecule has 0 saturated carbocycles. The van der Waals surface area contributed by atoms with Crippen LogP contribution in [0.4, 0.5) is 0 Å². The summed E-state index contributed by atoms with van der Waals surface area (Å²) in [5.74, 6) is 0. The monoisotopic (exact) mass is 189 g/mol. The predicted octanol–water partition coefficient (Wildman–Crippen LogP) is -1.10. The van der Waals surface area contributed by atoms with Crippen molar-refractivity contribution >= 4 is 34.0 Å². The molecule has 0 bridgehead atoms. The summed E-state index contributed by atoms with van der Waals surface area (Å²) >= 11 is 0. The molecule has 1 aromatic carbocycles. The summed E-state index contributed by atoms with van der Waals surface area (Å²) in [6, 6.07) is 11.4. The van der Waals surface area contributed by atoms with Gasteiger partial charge in [0.15, 0.2) is 0 Å². The minimum absolute atomic E-state index is 0. The Morgan fingerprint density at radius 3 is 2.58 bits per heavy atom. The molecule has 0 aliphatic heterocycles. The van der Waals surface area contributed by atoms with Gasteiger partial charge >= 0.3 is 23.1 Å². The van der Waals surface area contributed by atoms with E-state index in [0.29, 0.717) is 0 Å². The van der Waals surface area contributed by atoms with Crippen molar-refractivity contribution in [2.45, 2.75) is 6.92 Å². The van der Waals surface area contributed by atoms with E-state index >= 15 is 0 Å². The Morgan fingerprint density at radius 2 is 1.92 bits per heavy atom. The van der Waals surface area contributed by atoms with Crippen LogP contribution >= 0.6 is 0 Å². The second-order valence-electron chi connectivity index (χ2n) is 2.42. The van der Waals surface area contributed by atoms with Gasteiger partial charge in [0.1, 0.15) is 0 Å². The molecule has 0 spiro atoms. The largest absolute Gasteiger partial charge is 2.00 e. The second-order valence-corrected chi connectivity index (χ2v) is 2.42. The average molecular weight is 190 g/mol. The van der Waals surface area contributed by atoms with Gasteiger partial charge in [0.05, 0.1) is 0 Å². The van der Waals surface area contributed by atoms with Gasteiger partial charge in [0, 0.05) is 0 Å². The van der Waals surface area contributed by atoms with Gasteiger partial charge in [-0.3, -0.25) is 0 Å². The fourth-order valence-corrected chi connectivity index (χ4v) is 1.14. The predicted molar refractivity (Wildman–Crippen MR) is 47.6 cm³/mol. The van der Waals surface area contributed by atoms with Crippen molar-refractivity contribution < 1.29 is 12.4 Å². The van der Waals surface area contributed by atoms with Gasteiger partial charge < -0.3 is 17.4 Å². The van der Waals surface area contributed by atoms with Gasteiger partial charge in [-0.05, 0) is 6.92 Å². The van der Waals surface area contributed by atoms with E-state index in [2.05, 4.69) is 23.2 Å². The summed E-state index contributed by atoms with van der Waals surface area (Å²) < 4.78 is 0. The maximum absolute atomic E-state index is 3.20. The second kappa shape index (κ2) is 4.75. The zero-order valence-corrected chi connectivity index (χ0v) is 9.06. The van der Waals surface area contributed by atoms with E-state index in [1.807, 2.05) is 19.1 Å². The number of fused-ring (bicyclic) bond motifs is 1. The molecular formula is C9H8ClMgN. The van der Waals surface area contributed by atoms with E-state index in [4.69, 9.17) is 0 Å². The standard InChI is InChI=1S/C9H8N.ClH.Mg/c1-7-6-8-4-2-3-5-9(8)10-7;;/h2-5,10H,1H3;1H;/q-1;;+2/p-1. The first-order valence-corrected chi connectivity index (χ1v) is 3.33. The molecule has 2 aromatic rings. The Hall–Kier alpha value is -0.184. The number of H-pyrrole nitrogens is 1. The average Bonchev–Trinajstić information content (AvgIpc) is 2.27. The number of hydrogen-bond acceptors (Lipinski definition) is 0. The molecule has 0 fully saturated rings. The summed E-state index contributed by atoms with van der Waals surface area (Å²) in [6.07, 6.45) is 0. The van der Waals surface area contributed by atoms with E-state index in [1.165, 1.54) is 10.9 Å². The van der Waals surface area contributed by atoms with Crippen molar-refractivity contribution in [1.29, 1.82) is 0 Å². The van der Waals surface area contributed by atoms with Gasteiger partial charge in [0.25, 0.3) is 0 Å². The van der Waals surface area contributed by atoms with Gasteiger partial charge in [-0.2, -0.15) is 17.5 Å². The van der Waals surface area contributed by atoms with Crippen molar-refractivity contribution in [2.24, 2.45) is 0 Å². The Kier molecular flexibility index (Phi) is 4.68. The minimum atomic E-state index is 0. The molecule has 0 amide bonds. The van der Waals surface area contributed by atoms with Crippen LogP contribution in [0.15, 0.2) is 24.3 Å². The molecule has 0 radical (unpaired) electrons. The van der Waals surface area contributed by atoms with Crippen molar-refractivity contribution in [3.63, 3.8) is 0 Å². The van der Waals surface area contributed by atoms with Crippen molar-refractivity contribution in [2.75, 3.05) is 0 Å². The van der Waals surface area contributed by atoms with Crippen molar-refractivity contribution in [3.05, 3.63) is 36.0 Å². The van der Waals surface area contributed by atoms with Crippen LogP contribution in [0.25, 0.3) is 10.9 Å². The Morgan fingerprint density at radius 1 is 1.25 bits per heavy atom. The van der Waals surface area contributed by atoms with Crippen LogP contribution in [0.2, 0.25) is 0 Å². The van der Waals surface area contributed by atoms with Crippen molar-refractivity contribution in [1.82, 2.24) is 4.98 Å². The van der Waals surface area contributed by atoms with Gasteiger partial charge in [-0.25, -0.2) is 0 Å². The third kappa shape index (κ3) is 2.15. The number of aryl methyl sites for hydroxylation is 1. The number of aromatic nitrogens is 1. The number of nitrogens with one attached hydrogen (secondary N) is 1. The number of aromatic amines is 1. The molecule has 0 saturated heterocycles. The third-order valence-electron chi connectivity index (χ3n) is 1.57. The summed E-state index contributed by atoms with van der Waals surface area (Å²) in [4.78, 5) is 3.20. The van der Waals surface area contributed by atoms with Gasteiger partial charge in [0.2, 0.25) is 0 Å². The molecular weight excluding hydrogens is 182 g/mol. The first kappa shape index (κ1) is 11.8. The summed E-state index contributed by atoms with van der Waals surface area (Å²) in [7, 11) is 0. The van der Waals surface area contributed by atoms with Crippen LogP contribution < -0.4 is 12.4 Å². The molecule has 12 heavy (non-hydrogen) atoms. The quantitative estimate of drug-likeness (QED) is 0.401. The number of halogens is 1. The van der Waals surface area contributed by atoms with Crippen LogP contribution in [0, 0.1) is 13.0 Å². The van der Waals surface area contributed by atoms with Gasteiger partial charge in [-0.15, -0.1) is 6.07 Å². The third-order valence-corrected chi connectivity index (χ3v) is 1.57. The van der Waals surface area contributed by atoms with E-state index in [9.17, 15) is 0 Å². The van der Waals surface area contributed by atoms with Crippen LogP contribution in [-0.2, 0) is 0 Å². The Labute approximate surface area is 94.1 Å². The molecule has 0 atom stereocenters. The normalized spacial score (nSPS) is 8.75. The maximum Gasteiger partial charge on any atom is 2.00 e. The van der Waals surface area contributed by atoms with Crippen LogP contribution in [0.3, 0.4) is 0 Å². The van der Waals surface area contributed by atoms with E-state index in [0.717, 1.165) is 5.69 Å². The molecule has 58 valence electrons. The smallest absolute Gasteiger partial charge is 1.00 e. The summed E-state index contributed by atoms with van der Waals surface area (Å²) in [5, 5.41) is 1.17. The fourth-order valence-electron chi connectivity index (χ4n) is 1.14. The number of hydrogen-bond donors (Lipinski definition) is 1. The number of para-hydroxylation sites is 1. The molecule has 0 aliphatic carbocycles. The van der Waals surface area contributed by atoms with Crippen molar-refractivity contribution in [3.8, 4) is 0 Å². The molecule has 1 heterocycles. The first-order valence-electron chi connectivity index (χ1n) is 3.33. The SMILES string of the molecule is Cc1[c-]c2ccccc2[nH]1.[Cl-].[Mg+2]. The molecule has 1 nitrogen and oxygen atoms in total. The van der Waals surface area contributed by atoms with E-state index < -0.39 is 0 Å². The minimum Gasteiger partial charge on any atom is -1.00 e. The number of rotatable bonds is 0. The Bertz CT molecular complexity index is 323. The molecule has 2 rings (SSSR count). The summed E-state index contributed by atoms with van der Waals surface area (Å²) in [6.45, 7) is 2.01. The topological polar surface area (TPSA) is 15.8 Å². The van der Waals surface area contributed by atoms with E-state index in [-0.39, 0.29) is 35.5 Å². The fraction of sp³-hybridized carbons (Fsp3) is 0.111. The molecule has 1 N–H and O–H groups in total. The van der Waals surface area contributed by atoms with Crippen LogP contribution in [-0.4, -0.2) is 28.0 Å². The molecule has 0 aliphatic rings. The first-order chi connectivity index (χ1) is 4.86.